The van der Waals surface area contributed by atoms with Crippen molar-refractivity contribution in [3.63, 3.8) is 0 Å². The predicted molar refractivity (Wildman–Crippen MR) is 81.4 cm³/mol. The third-order valence-corrected chi connectivity index (χ3v) is 4.75. The van der Waals surface area contributed by atoms with Gasteiger partial charge in [0.2, 0.25) is 5.91 Å². The molecule has 2 unspecified atom stereocenters. The van der Waals surface area contributed by atoms with E-state index in [2.05, 4.69) is 11.8 Å². The third kappa shape index (κ3) is 3.71. The fourth-order valence-corrected chi connectivity index (χ4v) is 3.05. The molecule has 0 saturated carbocycles. The van der Waals surface area contributed by atoms with Crippen molar-refractivity contribution in [2.45, 2.75) is 52.7 Å². The summed E-state index contributed by atoms with van der Waals surface area (Å²) in [6.45, 7) is 11.4. The highest BCUT2D eigenvalue weighted by Crippen LogP contribution is 2.28. The normalized spacial score (nSPS) is 22.9. The molecule has 1 saturated heterocycles. The molecule has 1 fully saturated rings. The Bertz CT molecular complexity index is 308. The van der Waals surface area contributed by atoms with Crippen LogP contribution in [0.25, 0.3) is 0 Å². The Balaban J connectivity index is 2.69. The molecule has 0 aliphatic carbocycles. The maximum atomic E-state index is 12.8. The summed E-state index contributed by atoms with van der Waals surface area (Å²) in [5.41, 5.74) is 5.48. The maximum absolute atomic E-state index is 12.8. The second kappa shape index (κ2) is 7.38. The topological polar surface area (TPSA) is 69.8 Å². The average Bonchev–Trinajstić information content (AvgIpc) is 2.43. The van der Waals surface area contributed by atoms with Crippen LogP contribution in [0.2, 0.25) is 0 Å². The lowest BCUT2D eigenvalue weighted by Gasteiger charge is -2.43. The molecule has 118 valence electrons. The first-order valence-corrected chi connectivity index (χ1v) is 7.81. The number of hydrogen-bond acceptors (Lipinski definition) is 4. The first-order valence-electron chi connectivity index (χ1n) is 7.81. The molecule has 1 aliphatic heterocycles. The van der Waals surface area contributed by atoms with Crippen LogP contribution in [0.15, 0.2) is 0 Å². The Kier molecular flexibility index (Phi) is 6.43. The molecule has 1 heterocycles. The standard InChI is InChI=1S/C15H31N3O2/c1-5-15(6-2,11-16)14(20)18-8-7-17(10-13(4)19)12(3)9-18/h12-13,19H,5-11,16H2,1-4H3. The minimum absolute atomic E-state index is 0.202. The van der Waals surface area contributed by atoms with Crippen molar-refractivity contribution in [3.8, 4) is 0 Å². The van der Waals surface area contributed by atoms with E-state index in [0.29, 0.717) is 13.1 Å². The van der Waals surface area contributed by atoms with Crippen molar-refractivity contribution in [2.24, 2.45) is 11.1 Å². The van der Waals surface area contributed by atoms with Crippen molar-refractivity contribution >= 4 is 5.91 Å². The number of nitrogens with zero attached hydrogens (tertiary/aromatic N) is 2. The number of carbonyl (C=O) groups is 1. The summed E-state index contributed by atoms with van der Waals surface area (Å²) in [6.07, 6.45) is 1.26. The van der Waals surface area contributed by atoms with Crippen LogP contribution in [-0.2, 0) is 4.79 Å². The first kappa shape index (κ1) is 17.4. The summed E-state index contributed by atoms with van der Waals surface area (Å²) < 4.78 is 0. The van der Waals surface area contributed by atoms with Gasteiger partial charge in [-0.05, 0) is 26.7 Å². The quantitative estimate of drug-likeness (QED) is 0.752. The van der Waals surface area contributed by atoms with E-state index in [1.165, 1.54) is 0 Å². The Morgan fingerprint density at radius 2 is 2.00 bits per heavy atom. The van der Waals surface area contributed by atoms with Crippen molar-refractivity contribution in [2.75, 3.05) is 32.7 Å². The zero-order chi connectivity index (χ0) is 15.3. The van der Waals surface area contributed by atoms with Gasteiger partial charge in [-0.2, -0.15) is 0 Å². The summed E-state index contributed by atoms with van der Waals surface area (Å²) in [4.78, 5) is 17.0. The van der Waals surface area contributed by atoms with Crippen LogP contribution in [0.5, 0.6) is 0 Å². The van der Waals surface area contributed by atoms with Crippen LogP contribution in [0, 0.1) is 5.41 Å². The van der Waals surface area contributed by atoms with E-state index >= 15 is 0 Å². The smallest absolute Gasteiger partial charge is 0.230 e. The first-order chi connectivity index (χ1) is 9.40. The van der Waals surface area contributed by atoms with Gasteiger partial charge in [-0.3, -0.25) is 9.69 Å². The van der Waals surface area contributed by atoms with Gasteiger partial charge in [0, 0.05) is 38.8 Å². The van der Waals surface area contributed by atoms with Crippen LogP contribution in [-0.4, -0.2) is 65.7 Å². The Morgan fingerprint density at radius 3 is 2.40 bits per heavy atom. The lowest BCUT2D eigenvalue weighted by atomic mass is 9.80. The summed E-state index contributed by atoms with van der Waals surface area (Å²) in [7, 11) is 0. The molecule has 3 N–H and O–H groups in total. The van der Waals surface area contributed by atoms with Gasteiger partial charge in [0.05, 0.1) is 11.5 Å². The zero-order valence-electron chi connectivity index (χ0n) is 13.4. The fourth-order valence-electron chi connectivity index (χ4n) is 3.05. The Hall–Kier alpha value is -0.650. The molecule has 1 aliphatic rings. The number of amides is 1. The monoisotopic (exact) mass is 285 g/mol. The summed E-state index contributed by atoms with van der Waals surface area (Å²) >= 11 is 0. The number of rotatable bonds is 6. The van der Waals surface area contributed by atoms with Gasteiger partial charge in [-0.15, -0.1) is 0 Å². The molecular formula is C15H31N3O2. The highest BCUT2D eigenvalue weighted by Gasteiger charge is 2.39. The third-order valence-electron chi connectivity index (χ3n) is 4.75. The highest BCUT2D eigenvalue weighted by atomic mass is 16.3. The van der Waals surface area contributed by atoms with Gasteiger partial charge < -0.3 is 15.7 Å². The molecule has 0 radical (unpaired) electrons. The van der Waals surface area contributed by atoms with Crippen LogP contribution in [0.1, 0.15) is 40.5 Å². The van der Waals surface area contributed by atoms with Gasteiger partial charge in [-0.1, -0.05) is 13.8 Å². The van der Waals surface area contributed by atoms with Crippen molar-refractivity contribution in [3.05, 3.63) is 0 Å². The molecule has 0 bridgehead atoms. The molecule has 0 aromatic heterocycles. The van der Waals surface area contributed by atoms with Gasteiger partial charge in [0.15, 0.2) is 0 Å². The van der Waals surface area contributed by atoms with Gasteiger partial charge in [-0.25, -0.2) is 0 Å². The average molecular weight is 285 g/mol. The molecule has 1 amide bonds. The number of piperazine rings is 1. The van der Waals surface area contributed by atoms with E-state index in [4.69, 9.17) is 5.73 Å². The minimum Gasteiger partial charge on any atom is -0.392 e. The van der Waals surface area contributed by atoms with E-state index < -0.39 is 5.41 Å². The molecule has 0 spiro atoms. The number of nitrogens with two attached hydrogens (primary N) is 1. The van der Waals surface area contributed by atoms with Gasteiger partial charge >= 0.3 is 0 Å². The Morgan fingerprint density at radius 1 is 1.40 bits per heavy atom. The van der Waals surface area contributed by atoms with Crippen molar-refractivity contribution in [1.82, 2.24) is 9.80 Å². The molecule has 0 aromatic rings. The Labute approximate surface area is 123 Å². The van der Waals surface area contributed by atoms with E-state index in [-0.39, 0.29) is 18.1 Å². The second-order valence-electron chi connectivity index (χ2n) is 6.14. The van der Waals surface area contributed by atoms with Gasteiger partial charge in [0.1, 0.15) is 0 Å². The molecular weight excluding hydrogens is 254 g/mol. The number of aliphatic hydroxyl groups is 1. The van der Waals surface area contributed by atoms with Crippen LogP contribution in [0.3, 0.4) is 0 Å². The molecule has 2 atom stereocenters. The largest absolute Gasteiger partial charge is 0.392 e. The molecule has 5 nitrogen and oxygen atoms in total. The number of aliphatic hydroxyl groups excluding tert-OH is 1. The van der Waals surface area contributed by atoms with E-state index in [9.17, 15) is 9.90 Å². The lowest BCUT2D eigenvalue weighted by molar-refractivity contribution is -0.145. The van der Waals surface area contributed by atoms with Crippen LogP contribution in [0.4, 0.5) is 0 Å². The van der Waals surface area contributed by atoms with Crippen LogP contribution < -0.4 is 5.73 Å². The fraction of sp³-hybridized carbons (Fsp3) is 0.933. The number of β-amino-alcohol motifs (C(OH)–C–C–N with tert-alkyl or cyclic N) is 1. The molecule has 1 rings (SSSR count). The highest BCUT2D eigenvalue weighted by molar-refractivity contribution is 5.83. The maximum Gasteiger partial charge on any atom is 0.230 e. The van der Waals surface area contributed by atoms with Crippen molar-refractivity contribution < 1.29 is 9.90 Å². The van der Waals surface area contributed by atoms with Crippen molar-refractivity contribution in [1.29, 1.82) is 0 Å². The zero-order valence-corrected chi connectivity index (χ0v) is 13.4. The number of hydrogen-bond donors (Lipinski definition) is 2. The van der Waals surface area contributed by atoms with Crippen LogP contribution >= 0.6 is 0 Å². The van der Waals surface area contributed by atoms with E-state index in [1.807, 2.05) is 18.7 Å². The second-order valence-corrected chi connectivity index (χ2v) is 6.14. The summed E-state index contributed by atoms with van der Waals surface area (Å²) in [5.74, 6) is 0.202. The summed E-state index contributed by atoms with van der Waals surface area (Å²) in [6, 6.07) is 0.284. The molecule has 20 heavy (non-hydrogen) atoms. The van der Waals surface area contributed by atoms with E-state index in [1.54, 1.807) is 6.92 Å². The SMILES string of the molecule is CCC(CC)(CN)C(=O)N1CCN(CC(C)O)C(C)C1. The molecule has 0 aromatic carbocycles. The molecule has 5 heteroatoms. The van der Waals surface area contributed by atoms with Gasteiger partial charge in [0.25, 0.3) is 0 Å². The summed E-state index contributed by atoms with van der Waals surface area (Å²) in [5, 5.41) is 9.50. The lowest BCUT2D eigenvalue weighted by Crippen LogP contribution is -2.58. The minimum atomic E-state index is -0.397. The van der Waals surface area contributed by atoms with E-state index in [0.717, 1.165) is 32.5 Å². The predicted octanol–water partition coefficient (Wildman–Crippen LogP) is 0.665. The number of carbonyl (C=O) groups excluding carboxylic acids is 1.